The molecule has 1 heterocycles. The minimum Gasteiger partial charge on any atom is -0.479 e. The summed E-state index contributed by atoms with van der Waals surface area (Å²) in [6.45, 7) is 3.63. The van der Waals surface area contributed by atoms with Gasteiger partial charge in [-0.3, -0.25) is 10.1 Å². The molecule has 3 aromatic carbocycles. The number of carboxylic acid groups (broad SMARTS) is 1. The molecular weight excluding hydrogens is 521 g/mol. The molecule has 0 unspecified atom stereocenters. The molecule has 0 aliphatic carbocycles. The Hall–Kier alpha value is -3.98. The molecular formula is C28H24ClF3N2O4. The fourth-order valence-corrected chi connectivity index (χ4v) is 4.45. The maximum absolute atomic E-state index is 13.5. The Labute approximate surface area is 221 Å². The molecule has 4 rings (SSSR count). The lowest BCUT2D eigenvalue weighted by Gasteiger charge is -2.15. The van der Waals surface area contributed by atoms with E-state index in [0.29, 0.717) is 44.1 Å². The van der Waals surface area contributed by atoms with E-state index < -0.39 is 18.4 Å². The second-order valence-corrected chi connectivity index (χ2v) is 9.17. The van der Waals surface area contributed by atoms with Gasteiger partial charge in [0.15, 0.2) is 11.9 Å². The van der Waals surface area contributed by atoms with Gasteiger partial charge in [0.2, 0.25) is 0 Å². The van der Waals surface area contributed by atoms with Gasteiger partial charge in [0.05, 0.1) is 11.1 Å². The highest BCUT2D eigenvalue weighted by atomic mass is 35.5. The molecule has 0 saturated heterocycles. The fourth-order valence-electron chi connectivity index (χ4n) is 4.33. The molecule has 0 saturated carbocycles. The molecule has 4 aromatic rings. The third-order valence-corrected chi connectivity index (χ3v) is 6.36. The van der Waals surface area contributed by atoms with Crippen LogP contribution in [-0.4, -0.2) is 33.8 Å². The standard InChI is InChI=1S/C28H24ClF3N2O4/c1-3-24(27(36)37)38-21-6-4-5-17(13-21)15-34-16(2)25(26(35)18-7-9-19(29)10-8-18)22-12-11-20(14-23(22)34)33-28(30,31)32/h4-14,24,33H,3,15H2,1-2H3,(H,36,37)/t24-/m1/s1. The molecule has 1 aromatic heterocycles. The summed E-state index contributed by atoms with van der Waals surface area (Å²) in [5, 5.41) is 11.8. The number of ether oxygens (including phenoxy) is 1. The Morgan fingerprint density at radius 2 is 1.79 bits per heavy atom. The van der Waals surface area contributed by atoms with Gasteiger partial charge < -0.3 is 14.4 Å². The first-order valence-electron chi connectivity index (χ1n) is 11.7. The number of hydrogen-bond acceptors (Lipinski definition) is 4. The van der Waals surface area contributed by atoms with Gasteiger partial charge in [-0.05, 0) is 67.4 Å². The summed E-state index contributed by atoms with van der Waals surface area (Å²) in [5.41, 5.74) is 2.29. The molecule has 198 valence electrons. The number of alkyl halides is 3. The molecule has 0 aliphatic heterocycles. The molecule has 38 heavy (non-hydrogen) atoms. The number of aliphatic carboxylic acids is 1. The predicted molar refractivity (Wildman–Crippen MR) is 139 cm³/mol. The molecule has 0 aliphatic rings. The topological polar surface area (TPSA) is 80.6 Å². The van der Waals surface area contributed by atoms with E-state index in [0.717, 1.165) is 0 Å². The number of aromatic nitrogens is 1. The van der Waals surface area contributed by atoms with E-state index in [1.165, 1.54) is 23.5 Å². The number of carbonyl (C=O) groups excluding carboxylic acids is 1. The number of benzene rings is 3. The minimum atomic E-state index is -4.63. The van der Waals surface area contributed by atoms with Gasteiger partial charge in [-0.1, -0.05) is 36.7 Å². The SMILES string of the molecule is CC[C@@H](Oc1cccc(Cn2c(C)c(C(=O)c3ccc(Cl)cc3)c3ccc(NC(F)(F)F)cc32)c1)C(=O)O. The summed E-state index contributed by atoms with van der Waals surface area (Å²) in [6.07, 6.45) is -5.38. The predicted octanol–water partition coefficient (Wildman–Crippen LogP) is 7.06. The third kappa shape index (κ3) is 5.94. The van der Waals surface area contributed by atoms with Crippen LogP contribution in [0.25, 0.3) is 10.9 Å². The summed E-state index contributed by atoms with van der Waals surface area (Å²) < 4.78 is 46.5. The Balaban J connectivity index is 1.80. The first kappa shape index (κ1) is 27.1. The van der Waals surface area contributed by atoms with Gasteiger partial charge in [0, 0.05) is 33.9 Å². The number of nitrogens with zero attached hydrogens (tertiary/aromatic N) is 1. The summed E-state index contributed by atoms with van der Waals surface area (Å²) in [5.74, 6) is -1.02. The number of halogens is 4. The van der Waals surface area contributed by atoms with E-state index in [9.17, 15) is 27.9 Å². The van der Waals surface area contributed by atoms with Crippen molar-refractivity contribution in [1.82, 2.24) is 4.57 Å². The van der Waals surface area contributed by atoms with Crippen molar-refractivity contribution in [1.29, 1.82) is 0 Å². The Kier molecular flexibility index (Phi) is 7.68. The monoisotopic (exact) mass is 544 g/mol. The molecule has 0 fully saturated rings. The minimum absolute atomic E-state index is 0.168. The first-order valence-corrected chi connectivity index (χ1v) is 12.1. The van der Waals surface area contributed by atoms with Gasteiger partial charge in [-0.2, -0.15) is 13.2 Å². The Morgan fingerprint density at radius 1 is 1.08 bits per heavy atom. The van der Waals surface area contributed by atoms with Crippen molar-refractivity contribution in [3.63, 3.8) is 0 Å². The van der Waals surface area contributed by atoms with Crippen LogP contribution in [0, 0.1) is 6.92 Å². The Bertz CT molecular complexity index is 1500. The lowest BCUT2D eigenvalue weighted by Crippen LogP contribution is -2.25. The molecule has 2 N–H and O–H groups in total. The average Bonchev–Trinajstić information content (AvgIpc) is 3.12. The number of rotatable bonds is 9. The van der Waals surface area contributed by atoms with E-state index >= 15 is 0 Å². The van der Waals surface area contributed by atoms with E-state index in [1.54, 1.807) is 66.9 Å². The zero-order chi connectivity index (χ0) is 27.6. The summed E-state index contributed by atoms with van der Waals surface area (Å²) in [7, 11) is 0. The number of hydrogen-bond donors (Lipinski definition) is 2. The molecule has 6 nitrogen and oxygen atoms in total. The first-order chi connectivity index (χ1) is 18.0. The molecule has 0 radical (unpaired) electrons. The van der Waals surface area contributed by atoms with Crippen molar-refractivity contribution in [2.24, 2.45) is 0 Å². The van der Waals surface area contributed by atoms with E-state index in [-0.39, 0.29) is 24.4 Å². The van der Waals surface area contributed by atoms with Crippen LogP contribution in [0.5, 0.6) is 5.75 Å². The van der Waals surface area contributed by atoms with Crippen LogP contribution in [0.2, 0.25) is 5.02 Å². The molecule has 0 spiro atoms. The van der Waals surface area contributed by atoms with Crippen LogP contribution in [0.4, 0.5) is 18.9 Å². The third-order valence-electron chi connectivity index (χ3n) is 6.11. The normalized spacial score (nSPS) is 12.4. The van der Waals surface area contributed by atoms with Crippen molar-refractivity contribution in [2.75, 3.05) is 5.32 Å². The van der Waals surface area contributed by atoms with E-state index in [1.807, 2.05) is 0 Å². The van der Waals surface area contributed by atoms with Crippen LogP contribution in [0.3, 0.4) is 0 Å². The summed E-state index contributed by atoms with van der Waals surface area (Å²) in [6, 6.07) is 17.3. The van der Waals surface area contributed by atoms with Gasteiger partial charge >= 0.3 is 12.3 Å². The molecule has 0 amide bonds. The number of carbonyl (C=O) groups is 2. The average molecular weight is 545 g/mol. The van der Waals surface area contributed by atoms with Crippen LogP contribution in [-0.2, 0) is 11.3 Å². The van der Waals surface area contributed by atoms with Gasteiger partial charge in [0.25, 0.3) is 0 Å². The number of anilines is 1. The Morgan fingerprint density at radius 3 is 2.42 bits per heavy atom. The number of carboxylic acids is 1. The lowest BCUT2D eigenvalue weighted by molar-refractivity contribution is -0.145. The van der Waals surface area contributed by atoms with E-state index in [2.05, 4.69) is 0 Å². The smallest absolute Gasteiger partial charge is 0.479 e. The number of ketones is 1. The summed E-state index contributed by atoms with van der Waals surface area (Å²) in [4.78, 5) is 24.9. The van der Waals surface area contributed by atoms with Crippen molar-refractivity contribution < 1.29 is 32.6 Å². The zero-order valence-corrected chi connectivity index (χ0v) is 21.2. The zero-order valence-electron chi connectivity index (χ0n) is 20.5. The van der Waals surface area contributed by atoms with Gasteiger partial charge in [-0.15, -0.1) is 0 Å². The van der Waals surface area contributed by atoms with Crippen molar-refractivity contribution in [2.45, 2.75) is 39.2 Å². The summed E-state index contributed by atoms with van der Waals surface area (Å²) >= 11 is 5.97. The molecule has 10 heteroatoms. The van der Waals surface area contributed by atoms with Crippen molar-refractivity contribution in [3.8, 4) is 5.75 Å². The van der Waals surface area contributed by atoms with E-state index in [4.69, 9.17) is 16.3 Å². The second kappa shape index (κ2) is 10.8. The van der Waals surface area contributed by atoms with Crippen LogP contribution < -0.4 is 10.1 Å². The maximum atomic E-state index is 13.5. The van der Waals surface area contributed by atoms with Crippen LogP contribution in [0.15, 0.2) is 66.7 Å². The van der Waals surface area contributed by atoms with Gasteiger partial charge in [0.1, 0.15) is 5.75 Å². The second-order valence-electron chi connectivity index (χ2n) is 8.74. The lowest BCUT2D eigenvalue weighted by atomic mass is 10.0. The quantitative estimate of drug-likeness (QED) is 0.174. The molecule has 0 bridgehead atoms. The van der Waals surface area contributed by atoms with Crippen LogP contribution in [0.1, 0.15) is 40.5 Å². The maximum Gasteiger partial charge on any atom is 0.482 e. The van der Waals surface area contributed by atoms with Crippen molar-refractivity contribution >= 4 is 39.9 Å². The highest BCUT2D eigenvalue weighted by molar-refractivity contribution is 6.30. The van der Waals surface area contributed by atoms with Gasteiger partial charge in [-0.25, -0.2) is 4.79 Å². The number of nitrogens with one attached hydrogen (secondary N) is 1. The highest BCUT2D eigenvalue weighted by Gasteiger charge is 2.28. The fraction of sp³-hybridized carbons (Fsp3) is 0.214. The van der Waals surface area contributed by atoms with Crippen molar-refractivity contribution in [3.05, 3.63) is 94.1 Å². The molecule has 1 atom stereocenters. The number of fused-ring (bicyclic) bond motifs is 1. The highest BCUT2D eigenvalue weighted by Crippen LogP contribution is 2.33. The largest absolute Gasteiger partial charge is 0.482 e. The van der Waals surface area contributed by atoms with Crippen LogP contribution >= 0.6 is 11.6 Å².